The van der Waals surface area contributed by atoms with E-state index in [2.05, 4.69) is 5.32 Å². The van der Waals surface area contributed by atoms with Crippen molar-refractivity contribution < 1.29 is 24.5 Å². The third-order valence-electron chi connectivity index (χ3n) is 3.47. The Morgan fingerprint density at radius 1 is 1.43 bits per heavy atom. The molecule has 0 aromatic heterocycles. The largest absolute Gasteiger partial charge is 0.508 e. The van der Waals surface area contributed by atoms with Gasteiger partial charge in [0.25, 0.3) is 0 Å². The molecule has 1 saturated heterocycles. The van der Waals surface area contributed by atoms with Crippen molar-refractivity contribution in [2.45, 2.75) is 18.9 Å². The summed E-state index contributed by atoms with van der Waals surface area (Å²) in [5.74, 6) is -1.38. The van der Waals surface area contributed by atoms with E-state index in [1.165, 1.54) is 12.1 Å². The van der Waals surface area contributed by atoms with E-state index in [1.54, 1.807) is 12.0 Å². The van der Waals surface area contributed by atoms with Crippen LogP contribution in [-0.4, -0.2) is 53.4 Å². The highest BCUT2D eigenvalue weighted by Gasteiger charge is 2.24. The molecule has 7 nitrogen and oxygen atoms in total. The zero-order chi connectivity index (χ0) is 15.4. The lowest BCUT2D eigenvalue weighted by Crippen LogP contribution is -2.45. The number of benzene rings is 1. The lowest BCUT2D eigenvalue weighted by molar-refractivity contribution is 0.0458. The maximum absolute atomic E-state index is 12.2. The number of phenolic OH excluding ortho intramolecular Hbond substituents is 1. The Morgan fingerprint density at radius 2 is 2.19 bits per heavy atom. The molecule has 114 valence electrons. The van der Waals surface area contributed by atoms with Crippen LogP contribution in [0.15, 0.2) is 18.2 Å². The number of methoxy groups -OCH3 is 1. The van der Waals surface area contributed by atoms with Gasteiger partial charge in [0.05, 0.1) is 17.4 Å². The van der Waals surface area contributed by atoms with Crippen LogP contribution in [0, 0.1) is 0 Å². The van der Waals surface area contributed by atoms with Gasteiger partial charge in [0.15, 0.2) is 0 Å². The van der Waals surface area contributed by atoms with Crippen LogP contribution in [0.1, 0.15) is 23.2 Å². The molecule has 0 aliphatic carbocycles. The second-order valence-corrected chi connectivity index (χ2v) is 4.91. The summed E-state index contributed by atoms with van der Waals surface area (Å²) in [6.45, 7) is 1.08. The SMILES string of the molecule is COC1CCCN(C(=O)Nc2ccc(O)cc2C(=O)O)C1. The van der Waals surface area contributed by atoms with Crippen LogP contribution in [0.25, 0.3) is 0 Å². The minimum atomic E-state index is -1.21. The van der Waals surface area contributed by atoms with Crippen molar-refractivity contribution in [1.82, 2.24) is 4.90 Å². The van der Waals surface area contributed by atoms with Crippen LogP contribution in [0.3, 0.4) is 0 Å². The normalized spacial score (nSPS) is 18.3. The van der Waals surface area contributed by atoms with Crippen molar-refractivity contribution in [3.63, 3.8) is 0 Å². The standard InChI is InChI=1S/C14H18N2O5/c1-21-10-3-2-6-16(8-10)14(20)15-12-5-4-9(17)7-11(12)13(18)19/h4-5,7,10,17H,2-3,6,8H2,1H3,(H,15,20)(H,18,19). The van der Waals surface area contributed by atoms with E-state index in [0.29, 0.717) is 13.1 Å². The van der Waals surface area contributed by atoms with Crippen LogP contribution in [0.2, 0.25) is 0 Å². The minimum absolute atomic E-state index is 0.00302. The second-order valence-electron chi connectivity index (χ2n) is 4.91. The summed E-state index contributed by atoms with van der Waals surface area (Å²) < 4.78 is 5.25. The number of hydrogen-bond donors (Lipinski definition) is 3. The van der Waals surface area contributed by atoms with Gasteiger partial charge in [-0.05, 0) is 31.0 Å². The Labute approximate surface area is 122 Å². The first-order valence-corrected chi connectivity index (χ1v) is 6.66. The molecule has 1 unspecified atom stereocenters. The van der Waals surface area contributed by atoms with Crippen molar-refractivity contribution >= 4 is 17.7 Å². The lowest BCUT2D eigenvalue weighted by atomic mass is 10.1. The van der Waals surface area contributed by atoms with E-state index in [-0.39, 0.29) is 29.1 Å². The van der Waals surface area contributed by atoms with E-state index in [4.69, 9.17) is 9.84 Å². The summed E-state index contributed by atoms with van der Waals surface area (Å²) in [5, 5.41) is 21.0. The number of likely N-dealkylation sites (tertiary alicyclic amines) is 1. The predicted molar refractivity (Wildman–Crippen MR) is 75.7 cm³/mol. The molecular formula is C14H18N2O5. The molecule has 2 rings (SSSR count). The molecule has 0 bridgehead atoms. The number of carbonyl (C=O) groups is 2. The zero-order valence-corrected chi connectivity index (χ0v) is 11.7. The molecule has 1 aliphatic heterocycles. The van der Waals surface area contributed by atoms with Gasteiger partial charge in [0.1, 0.15) is 5.75 Å². The minimum Gasteiger partial charge on any atom is -0.508 e. The number of phenols is 1. The Kier molecular flexibility index (Phi) is 4.64. The fraction of sp³-hybridized carbons (Fsp3) is 0.429. The predicted octanol–water partition coefficient (Wildman–Crippen LogP) is 1.73. The van der Waals surface area contributed by atoms with Gasteiger partial charge in [-0.2, -0.15) is 0 Å². The van der Waals surface area contributed by atoms with Crippen molar-refractivity contribution in [2.75, 3.05) is 25.5 Å². The van der Waals surface area contributed by atoms with Gasteiger partial charge in [0, 0.05) is 20.2 Å². The molecule has 0 saturated carbocycles. The topological polar surface area (TPSA) is 99.1 Å². The Hall–Kier alpha value is -2.28. The van der Waals surface area contributed by atoms with Crippen LogP contribution < -0.4 is 5.32 Å². The van der Waals surface area contributed by atoms with Gasteiger partial charge in [-0.15, -0.1) is 0 Å². The van der Waals surface area contributed by atoms with Gasteiger partial charge >= 0.3 is 12.0 Å². The molecule has 1 heterocycles. The first kappa shape index (κ1) is 15.1. The Bertz CT molecular complexity index is 546. The van der Waals surface area contributed by atoms with E-state index >= 15 is 0 Å². The lowest BCUT2D eigenvalue weighted by Gasteiger charge is -2.32. The van der Waals surface area contributed by atoms with Crippen LogP contribution >= 0.6 is 0 Å². The number of anilines is 1. The van der Waals surface area contributed by atoms with E-state index in [0.717, 1.165) is 18.9 Å². The maximum atomic E-state index is 12.2. The highest BCUT2D eigenvalue weighted by atomic mass is 16.5. The van der Waals surface area contributed by atoms with Crippen molar-refractivity contribution in [1.29, 1.82) is 0 Å². The summed E-state index contributed by atoms with van der Waals surface area (Å²) in [6.07, 6.45) is 1.75. The summed E-state index contributed by atoms with van der Waals surface area (Å²) in [4.78, 5) is 24.9. The molecule has 0 spiro atoms. The number of ether oxygens (including phenoxy) is 1. The molecule has 2 amide bonds. The molecule has 1 fully saturated rings. The number of hydrogen-bond acceptors (Lipinski definition) is 4. The van der Waals surface area contributed by atoms with Crippen LogP contribution in [0.4, 0.5) is 10.5 Å². The molecule has 21 heavy (non-hydrogen) atoms. The van der Waals surface area contributed by atoms with Crippen molar-refractivity contribution in [2.24, 2.45) is 0 Å². The quantitative estimate of drug-likeness (QED) is 0.737. The number of urea groups is 1. The van der Waals surface area contributed by atoms with Crippen LogP contribution in [0.5, 0.6) is 5.75 Å². The number of aromatic carboxylic acids is 1. The van der Waals surface area contributed by atoms with Crippen molar-refractivity contribution in [3.05, 3.63) is 23.8 Å². The van der Waals surface area contributed by atoms with E-state index in [9.17, 15) is 14.7 Å². The number of nitrogens with one attached hydrogen (secondary N) is 1. The fourth-order valence-electron chi connectivity index (χ4n) is 2.33. The van der Waals surface area contributed by atoms with Gasteiger partial charge in [-0.3, -0.25) is 0 Å². The highest BCUT2D eigenvalue weighted by molar-refractivity contribution is 6.00. The maximum Gasteiger partial charge on any atom is 0.337 e. The van der Waals surface area contributed by atoms with Gasteiger partial charge in [0.2, 0.25) is 0 Å². The Morgan fingerprint density at radius 3 is 2.86 bits per heavy atom. The second kappa shape index (κ2) is 6.45. The molecular weight excluding hydrogens is 276 g/mol. The summed E-state index contributed by atoms with van der Waals surface area (Å²) in [5.41, 5.74) is 0.00786. The van der Waals surface area contributed by atoms with Crippen LogP contribution in [-0.2, 0) is 4.74 Å². The first-order chi connectivity index (χ1) is 10.0. The average molecular weight is 294 g/mol. The third-order valence-corrected chi connectivity index (χ3v) is 3.47. The van der Waals surface area contributed by atoms with E-state index < -0.39 is 5.97 Å². The average Bonchev–Trinajstić information content (AvgIpc) is 2.48. The third kappa shape index (κ3) is 3.63. The fourth-order valence-corrected chi connectivity index (χ4v) is 2.33. The van der Waals surface area contributed by atoms with Crippen molar-refractivity contribution in [3.8, 4) is 5.75 Å². The molecule has 1 atom stereocenters. The van der Waals surface area contributed by atoms with Gasteiger partial charge < -0.3 is 25.2 Å². The highest BCUT2D eigenvalue weighted by Crippen LogP contribution is 2.22. The van der Waals surface area contributed by atoms with Gasteiger partial charge in [-0.25, -0.2) is 9.59 Å². The Balaban J connectivity index is 2.11. The molecule has 1 aromatic rings. The van der Waals surface area contributed by atoms with E-state index in [1.807, 2.05) is 0 Å². The number of piperidine rings is 1. The number of carboxylic acid groups (broad SMARTS) is 1. The van der Waals surface area contributed by atoms with Gasteiger partial charge in [-0.1, -0.05) is 0 Å². The number of carboxylic acids is 1. The number of amides is 2. The molecule has 3 N–H and O–H groups in total. The monoisotopic (exact) mass is 294 g/mol. The zero-order valence-electron chi connectivity index (χ0n) is 11.7. The summed E-state index contributed by atoms with van der Waals surface area (Å²) in [7, 11) is 1.61. The number of rotatable bonds is 3. The molecule has 1 aromatic carbocycles. The number of aromatic hydroxyl groups is 1. The summed E-state index contributed by atoms with van der Waals surface area (Å²) in [6, 6.07) is 3.43. The smallest absolute Gasteiger partial charge is 0.337 e. The molecule has 0 radical (unpaired) electrons. The molecule has 1 aliphatic rings. The number of carbonyl (C=O) groups excluding carboxylic acids is 1. The summed E-state index contributed by atoms with van der Waals surface area (Å²) >= 11 is 0. The number of nitrogens with zero attached hydrogens (tertiary/aromatic N) is 1. The first-order valence-electron chi connectivity index (χ1n) is 6.66. The molecule has 7 heteroatoms.